The molecule has 1 nitrogen and oxygen atoms in total. The van der Waals surface area contributed by atoms with Crippen LogP contribution in [0.2, 0.25) is 0 Å². The van der Waals surface area contributed by atoms with E-state index in [1.165, 1.54) is 12.0 Å². The van der Waals surface area contributed by atoms with Crippen molar-refractivity contribution in [3.8, 4) is 12.8 Å². The van der Waals surface area contributed by atoms with Crippen LogP contribution in [-0.4, -0.2) is 6.54 Å². The molecule has 0 spiro atoms. The van der Waals surface area contributed by atoms with E-state index in [1.54, 1.807) is 11.1 Å². The second kappa shape index (κ2) is 5.47. The van der Waals surface area contributed by atoms with Gasteiger partial charge in [0.05, 0.1) is 0 Å². The molecule has 0 saturated carbocycles. The van der Waals surface area contributed by atoms with Crippen LogP contribution in [0.25, 0.3) is 0 Å². The lowest BCUT2D eigenvalue weighted by Crippen LogP contribution is -2.24. The van der Waals surface area contributed by atoms with Crippen molar-refractivity contribution in [1.82, 2.24) is 5.32 Å². The van der Waals surface area contributed by atoms with Crippen molar-refractivity contribution in [2.24, 2.45) is 0 Å². The molecule has 0 aliphatic carbocycles. The van der Waals surface area contributed by atoms with Gasteiger partial charge < -0.3 is 5.32 Å². The summed E-state index contributed by atoms with van der Waals surface area (Å²) in [4.78, 5) is 0. The zero-order valence-electron chi connectivity index (χ0n) is 8.72. The van der Waals surface area contributed by atoms with Crippen LogP contribution >= 0.6 is 0 Å². The summed E-state index contributed by atoms with van der Waals surface area (Å²) in [6.45, 7) is 4.43. The average Bonchev–Trinajstić information content (AvgIpc) is 2.31. The summed E-state index contributed by atoms with van der Waals surface area (Å²) in [6, 6.07) is 6.68. The van der Waals surface area contributed by atoms with E-state index in [-0.39, 0.29) is 0 Å². The number of hydrogen-bond donors (Lipinski definition) is 1. The molecular weight excluding hydrogens is 170 g/mol. The highest BCUT2D eigenvalue weighted by atomic mass is 14.9. The van der Waals surface area contributed by atoms with Gasteiger partial charge in [0, 0.05) is 6.54 Å². The second-order valence-corrected chi connectivity index (χ2v) is 3.34. The molecule has 1 aliphatic heterocycles. The van der Waals surface area contributed by atoms with Crippen LogP contribution in [0, 0.1) is 12.8 Å². The van der Waals surface area contributed by atoms with Gasteiger partial charge in [0.15, 0.2) is 0 Å². The molecule has 74 valence electrons. The first-order valence-electron chi connectivity index (χ1n) is 5.05. The van der Waals surface area contributed by atoms with E-state index in [0.29, 0.717) is 0 Å². The van der Waals surface area contributed by atoms with Crippen molar-refractivity contribution in [2.75, 3.05) is 6.54 Å². The average molecular weight is 187 g/mol. The van der Waals surface area contributed by atoms with Gasteiger partial charge in [0.2, 0.25) is 0 Å². The van der Waals surface area contributed by atoms with Crippen molar-refractivity contribution in [1.29, 1.82) is 0 Å². The van der Waals surface area contributed by atoms with Gasteiger partial charge in [-0.25, -0.2) is 0 Å². The minimum atomic E-state index is 1.07. The molecule has 1 N–H and O–H groups in total. The molecule has 0 amide bonds. The second-order valence-electron chi connectivity index (χ2n) is 3.34. The molecule has 2 rings (SSSR count). The zero-order valence-corrected chi connectivity index (χ0v) is 8.72. The van der Waals surface area contributed by atoms with Crippen molar-refractivity contribution < 1.29 is 0 Å². The molecule has 14 heavy (non-hydrogen) atoms. The van der Waals surface area contributed by atoms with Crippen LogP contribution in [0.15, 0.2) is 18.2 Å². The van der Waals surface area contributed by atoms with Crippen LogP contribution < -0.4 is 5.32 Å². The Balaban J connectivity index is 0.000000461. The topological polar surface area (TPSA) is 12.0 Å². The first-order chi connectivity index (χ1) is 6.92. The number of nitrogens with one attached hydrogen (secondary N) is 1. The highest BCUT2D eigenvalue weighted by molar-refractivity contribution is 5.36. The molecular formula is C13H17N. The van der Waals surface area contributed by atoms with E-state index in [0.717, 1.165) is 19.5 Å². The maximum atomic E-state index is 4.00. The Morgan fingerprint density at radius 3 is 2.86 bits per heavy atom. The van der Waals surface area contributed by atoms with E-state index < -0.39 is 0 Å². The summed E-state index contributed by atoms with van der Waals surface area (Å²) >= 11 is 0. The molecule has 0 atom stereocenters. The van der Waals surface area contributed by atoms with Crippen LogP contribution in [0.5, 0.6) is 0 Å². The summed E-state index contributed by atoms with van der Waals surface area (Å²) in [6.07, 6.45) is 10.4. The van der Waals surface area contributed by atoms with E-state index >= 15 is 0 Å². The normalized spacial score (nSPS) is 13.6. The number of aryl methyl sites for hydroxylation is 1. The summed E-state index contributed by atoms with van der Waals surface area (Å²) in [5.41, 5.74) is 4.61. The molecule has 1 aromatic rings. The SMILES string of the molecule is C#C.CCc1cccc2c1CNCC2. The first kappa shape index (κ1) is 10.8. The van der Waals surface area contributed by atoms with Gasteiger partial charge in [-0.05, 0) is 36.1 Å². The third-order valence-corrected chi connectivity index (χ3v) is 2.62. The van der Waals surface area contributed by atoms with Crippen molar-refractivity contribution >= 4 is 0 Å². The lowest BCUT2D eigenvalue weighted by atomic mass is 9.95. The Morgan fingerprint density at radius 1 is 1.36 bits per heavy atom. The van der Waals surface area contributed by atoms with Gasteiger partial charge in [-0.15, -0.1) is 12.8 Å². The quantitative estimate of drug-likeness (QED) is 0.664. The molecule has 0 aromatic heterocycles. The molecule has 0 unspecified atom stereocenters. The largest absolute Gasteiger partial charge is 0.312 e. The molecule has 1 heterocycles. The van der Waals surface area contributed by atoms with Crippen LogP contribution in [0.1, 0.15) is 23.6 Å². The molecule has 0 fully saturated rings. The highest BCUT2D eigenvalue weighted by Gasteiger charge is 2.10. The smallest absolute Gasteiger partial charge is 0.0211 e. The zero-order chi connectivity index (χ0) is 10.4. The van der Waals surface area contributed by atoms with Crippen molar-refractivity contribution in [3.05, 3.63) is 34.9 Å². The van der Waals surface area contributed by atoms with Gasteiger partial charge >= 0.3 is 0 Å². The Hall–Kier alpha value is -1.26. The number of benzene rings is 1. The molecule has 0 radical (unpaired) electrons. The maximum absolute atomic E-state index is 4.00. The van der Waals surface area contributed by atoms with Gasteiger partial charge in [-0.3, -0.25) is 0 Å². The fourth-order valence-corrected chi connectivity index (χ4v) is 1.92. The number of rotatable bonds is 1. The van der Waals surface area contributed by atoms with Crippen molar-refractivity contribution in [3.63, 3.8) is 0 Å². The van der Waals surface area contributed by atoms with Gasteiger partial charge in [-0.2, -0.15) is 0 Å². The Bertz CT molecular complexity index is 298. The molecule has 0 saturated heterocycles. The highest BCUT2D eigenvalue weighted by Crippen LogP contribution is 2.18. The predicted molar refractivity (Wildman–Crippen MR) is 61.1 cm³/mol. The minimum absolute atomic E-state index is 1.07. The monoisotopic (exact) mass is 187 g/mol. The van der Waals surface area contributed by atoms with Gasteiger partial charge in [0.1, 0.15) is 0 Å². The molecule has 1 aromatic carbocycles. The molecule has 1 heteroatoms. The number of hydrogen-bond acceptors (Lipinski definition) is 1. The van der Waals surface area contributed by atoms with E-state index in [9.17, 15) is 0 Å². The Kier molecular flexibility index (Phi) is 4.22. The van der Waals surface area contributed by atoms with Crippen molar-refractivity contribution in [2.45, 2.75) is 26.3 Å². The summed E-state index contributed by atoms with van der Waals surface area (Å²) < 4.78 is 0. The van der Waals surface area contributed by atoms with Gasteiger partial charge in [-0.1, -0.05) is 25.1 Å². The standard InChI is InChI=1S/C11H15N.C2H2/c1-2-9-4-3-5-10-6-7-12-8-11(9)10;1-2/h3-5,12H,2,6-8H2,1H3;1-2H. The van der Waals surface area contributed by atoms with E-state index in [4.69, 9.17) is 0 Å². The fraction of sp³-hybridized carbons (Fsp3) is 0.385. The third-order valence-electron chi connectivity index (χ3n) is 2.62. The van der Waals surface area contributed by atoms with E-state index in [2.05, 4.69) is 43.3 Å². The summed E-state index contributed by atoms with van der Waals surface area (Å²) in [7, 11) is 0. The van der Waals surface area contributed by atoms with Crippen LogP contribution in [0.3, 0.4) is 0 Å². The third kappa shape index (κ3) is 2.16. The van der Waals surface area contributed by atoms with Crippen LogP contribution in [-0.2, 0) is 19.4 Å². The molecule has 1 aliphatic rings. The predicted octanol–water partition coefficient (Wildman–Crippen LogP) is 2.14. The summed E-state index contributed by atoms with van der Waals surface area (Å²) in [5, 5.41) is 3.42. The Morgan fingerprint density at radius 2 is 2.14 bits per heavy atom. The first-order valence-corrected chi connectivity index (χ1v) is 5.05. The number of fused-ring (bicyclic) bond motifs is 1. The minimum Gasteiger partial charge on any atom is -0.312 e. The lowest BCUT2D eigenvalue weighted by Gasteiger charge is -2.19. The van der Waals surface area contributed by atoms with Crippen LogP contribution in [0.4, 0.5) is 0 Å². The van der Waals surface area contributed by atoms with Gasteiger partial charge in [0.25, 0.3) is 0 Å². The maximum Gasteiger partial charge on any atom is 0.0211 e. The fourth-order valence-electron chi connectivity index (χ4n) is 1.92. The molecule has 0 bridgehead atoms. The number of terminal acetylenes is 1. The summed E-state index contributed by atoms with van der Waals surface area (Å²) in [5.74, 6) is 0. The Labute approximate surface area is 86.5 Å². The lowest BCUT2D eigenvalue weighted by molar-refractivity contribution is 0.638. The van der Waals surface area contributed by atoms with E-state index in [1.807, 2.05) is 0 Å².